The molecule has 0 saturated heterocycles. The average molecular weight is 223 g/mol. The monoisotopic (exact) mass is 223 g/mol. The molecule has 16 heavy (non-hydrogen) atoms. The molecular weight excluding hydrogens is 202 g/mol. The van der Waals surface area contributed by atoms with Gasteiger partial charge in [-0.2, -0.15) is 0 Å². The van der Waals surface area contributed by atoms with Crippen molar-refractivity contribution in [3.63, 3.8) is 0 Å². The maximum atomic E-state index is 5.44. The molecule has 1 N–H and O–H groups in total. The van der Waals surface area contributed by atoms with Crippen LogP contribution < -0.4 is 10.1 Å². The fourth-order valence-electron chi connectivity index (χ4n) is 1.44. The summed E-state index contributed by atoms with van der Waals surface area (Å²) >= 11 is 0. The number of methoxy groups -OCH3 is 1. The highest BCUT2D eigenvalue weighted by Crippen LogP contribution is 2.16. The van der Waals surface area contributed by atoms with Crippen molar-refractivity contribution < 1.29 is 9.47 Å². The molecule has 0 aliphatic carbocycles. The molecule has 1 aromatic carbocycles. The fourth-order valence-corrected chi connectivity index (χ4v) is 1.44. The Hall–Kier alpha value is -1.06. The van der Waals surface area contributed by atoms with E-state index in [0.29, 0.717) is 6.10 Å². The molecule has 0 aliphatic rings. The Morgan fingerprint density at radius 2 is 2.00 bits per heavy atom. The maximum absolute atomic E-state index is 5.44. The van der Waals surface area contributed by atoms with Gasteiger partial charge in [0.05, 0.1) is 19.8 Å². The largest absolute Gasteiger partial charge is 0.496 e. The zero-order valence-corrected chi connectivity index (χ0v) is 10.3. The van der Waals surface area contributed by atoms with Gasteiger partial charge in [0.15, 0.2) is 0 Å². The van der Waals surface area contributed by atoms with Crippen molar-refractivity contribution in [1.29, 1.82) is 0 Å². The Labute approximate surface area is 97.8 Å². The minimum Gasteiger partial charge on any atom is -0.496 e. The van der Waals surface area contributed by atoms with Crippen molar-refractivity contribution in [1.82, 2.24) is 5.32 Å². The predicted octanol–water partition coefficient (Wildman–Crippen LogP) is 2.21. The summed E-state index contributed by atoms with van der Waals surface area (Å²) in [6, 6.07) is 8.03. The molecule has 1 rings (SSSR count). The van der Waals surface area contributed by atoms with Crippen LogP contribution in [0.25, 0.3) is 0 Å². The standard InChI is InChI=1S/C13H21NO2/c1-11(2)16-9-8-14-10-12-6-4-5-7-13(12)15-3/h4-7,11,14H,8-10H2,1-3H3. The van der Waals surface area contributed by atoms with Crippen molar-refractivity contribution >= 4 is 0 Å². The topological polar surface area (TPSA) is 30.5 Å². The first-order valence-electron chi connectivity index (χ1n) is 5.68. The van der Waals surface area contributed by atoms with Crippen LogP contribution in [0.5, 0.6) is 5.75 Å². The van der Waals surface area contributed by atoms with Crippen LogP contribution in [0.3, 0.4) is 0 Å². The van der Waals surface area contributed by atoms with Gasteiger partial charge in [0, 0.05) is 18.7 Å². The number of hydrogen-bond donors (Lipinski definition) is 1. The molecule has 0 radical (unpaired) electrons. The van der Waals surface area contributed by atoms with Crippen molar-refractivity contribution in [2.45, 2.75) is 26.5 Å². The van der Waals surface area contributed by atoms with E-state index in [4.69, 9.17) is 9.47 Å². The predicted molar refractivity (Wildman–Crippen MR) is 65.8 cm³/mol. The fraction of sp³-hybridized carbons (Fsp3) is 0.538. The van der Waals surface area contributed by atoms with Gasteiger partial charge >= 0.3 is 0 Å². The van der Waals surface area contributed by atoms with Gasteiger partial charge in [-0.3, -0.25) is 0 Å². The van der Waals surface area contributed by atoms with Gasteiger partial charge in [-0.1, -0.05) is 18.2 Å². The second-order valence-electron chi connectivity index (χ2n) is 3.91. The molecule has 0 aliphatic heterocycles. The molecule has 3 nitrogen and oxygen atoms in total. The second kappa shape index (κ2) is 7.25. The summed E-state index contributed by atoms with van der Waals surface area (Å²) in [5, 5.41) is 3.33. The Morgan fingerprint density at radius 3 is 2.69 bits per heavy atom. The van der Waals surface area contributed by atoms with Gasteiger partial charge in [0.25, 0.3) is 0 Å². The molecule has 0 unspecified atom stereocenters. The van der Waals surface area contributed by atoms with Crippen molar-refractivity contribution in [2.75, 3.05) is 20.3 Å². The first-order valence-corrected chi connectivity index (χ1v) is 5.68. The lowest BCUT2D eigenvalue weighted by Crippen LogP contribution is -2.21. The van der Waals surface area contributed by atoms with Crippen molar-refractivity contribution in [3.8, 4) is 5.75 Å². The van der Waals surface area contributed by atoms with Crippen LogP contribution in [0.1, 0.15) is 19.4 Å². The van der Waals surface area contributed by atoms with Crippen molar-refractivity contribution in [2.24, 2.45) is 0 Å². The highest BCUT2D eigenvalue weighted by atomic mass is 16.5. The van der Waals surface area contributed by atoms with E-state index in [1.807, 2.05) is 32.0 Å². The van der Waals surface area contributed by atoms with E-state index >= 15 is 0 Å². The molecule has 0 heterocycles. The lowest BCUT2D eigenvalue weighted by Gasteiger charge is -2.10. The Balaban J connectivity index is 2.26. The minimum atomic E-state index is 0.299. The van der Waals surface area contributed by atoms with Crippen LogP contribution >= 0.6 is 0 Å². The third-order valence-corrected chi connectivity index (χ3v) is 2.24. The molecule has 0 saturated carbocycles. The highest BCUT2D eigenvalue weighted by molar-refractivity contribution is 5.32. The minimum absolute atomic E-state index is 0.299. The van der Waals surface area contributed by atoms with Crippen LogP contribution in [-0.2, 0) is 11.3 Å². The third kappa shape index (κ3) is 4.64. The summed E-state index contributed by atoms with van der Waals surface area (Å²) in [5.74, 6) is 0.930. The summed E-state index contributed by atoms with van der Waals surface area (Å²) < 4.78 is 10.7. The summed E-state index contributed by atoms with van der Waals surface area (Å²) in [6.45, 7) is 6.50. The molecule has 90 valence electrons. The first-order chi connectivity index (χ1) is 7.74. The highest BCUT2D eigenvalue weighted by Gasteiger charge is 2.00. The molecule has 0 atom stereocenters. The molecule has 1 aromatic rings. The number of ether oxygens (including phenoxy) is 2. The van der Waals surface area contributed by atoms with Gasteiger partial charge in [0.1, 0.15) is 5.75 Å². The number of nitrogens with one attached hydrogen (secondary N) is 1. The third-order valence-electron chi connectivity index (χ3n) is 2.24. The smallest absolute Gasteiger partial charge is 0.123 e. The van der Waals surface area contributed by atoms with Gasteiger partial charge in [0.2, 0.25) is 0 Å². The van der Waals surface area contributed by atoms with E-state index in [9.17, 15) is 0 Å². The SMILES string of the molecule is COc1ccccc1CNCCOC(C)C. The number of hydrogen-bond acceptors (Lipinski definition) is 3. The first kappa shape index (κ1) is 13.0. The average Bonchev–Trinajstić information content (AvgIpc) is 2.29. The summed E-state index contributed by atoms with van der Waals surface area (Å²) in [7, 11) is 1.70. The zero-order valence-electron chi connectivity index (χ0n) is 10.3. The summed E-state index contributed by atoms with van der Waals surface area (Å²) in [5.41, 5.74) is 1.18. The van der Waals surface area contributed by atoms with E-state index in [0.717, 1.165) is 25.4 Å². The van der Waals surface area contributed by atoms with E-state index in [1.54, 1.807) is 7.11 Å². The number of rotatable bonds is 7. The summed E-state index contributed by atoms with van der Waals surface area (Å²) in [6.07, 6.45) is 0.299. The number of para-hydroxylation sites is 1. The van der Waals surface area contributed by atoms with Crippen LogP contribution in [0.4, 0.5) is 0 Å². The Kier molecular flexibility index (Phi) is 5.90. The maximum Gasteiger partial charge on any atom is 0.123 e. The second-order valence-corrected chi connectivity index (χ2v) is 3.91. The van der Waals surface area contributed by atoms with Crippen LogP contribution in [-0.4, -0.2) is 26.4 Å². The van der Waals surface area contributed by atoms with Gasteiger partial charge < -0.3 is 14.8 Å². The molecule has 0 bridgehead atoms. The van der Waals surface area contributed by atoms with Crippen LogP contribution in [0.15, 0.2) is 24.3 Å². The van der Waals surface area contributed by atoms with Gasteiger partial charge in [-0.05, 0) is 19.9 Å². The van der Waals surface area contributed by atoms with Crippen LogP contribution in [0, 0.1) is 0 Å². The van der Waals surface area contributed by atoms with Gasteiger partial charge in [-0.25, -0.2) is 0 Å². The van der Waals surface area contributed by atoms with E-state index < -0.39 is 0 Å². The number of benzene rings is 1. The van der Waals surface area contributed by atoms with E-state index in [-0.39, 0.29) is 0 Å². The van der Waals surface area contributed by atoms with Gasteiger partial charge in [-0.15, -0.1) is 0 Å². The zero-order chi connectivity index (χ0) is 11.8. The molecular formula is C13H21NO2. The lowest BCUT2D eigenvalue weighted by molar-refractivity contribution is 0.0807. The molecule has 0 spiro atoms. The Morgan fingerprint density at radius 1 is 1.25 bits per heavy atom. The Bertz CT molecular complexity index is 300. The van der Waals surface area contributed by atoms with Crippen molar-refractivity contribution in [3.05, 3.63) is 29.8 Å². The molecule has 0 aromatic heterocycles. The van der Waals surface area contributed by atoms with Crippen LogP contribution in [0.2, 0.25) is 0 Å². The lowest BCUT2D eigenvalue weighted by atomic mass is 10.2. The van der Waals surface area contributed by atoms with E-state index in [2.05, 4.69) is 11.4 Å². The molecule has 0 amide bonds. The normalized spacial score (nSPS) is 10.8. The van der Waals surface area contributed by atoms with E-state index in [1.165, 1.54) is 5.56 Å². The molecule has 3 heteroatoms. The quantitative estimate of drug-likeness (QED) is 0.719. The molecule has 0 fully saturated rings. The summed E-state index contributed by atoms with van der Waals surface area (Å²) in [4.78, 5) is 0.